The summed E-state index contributed by atoms with van der Waals surface area (Å²) in [4.78, 5) is 21.6. The Labute approximate surface area is 249 Å². The monoisotopic (exact) mass is 618 g/mol. The predicted octanol–water partition coefficient (Wildman–Crippen LogP) is 3.94. The average Bonchev–Trinajstić information content (AvgIpc) is 3.44. The van der Waals surface area contributed by atoms with E-state index in [9.17, 15) is 13.2 Å². The fourth-order valence-electron chi connectivity index (χ4n) is 5.49. The summed E-state index contributed by atoms with van der Waals surface area (Å²) >= 11 is 13.2. The second-order valence-electron chi connectivity index (χ2n) is 10.3. The highest BCUT2D eigenvalue weighted by Crippen LogP contribution is 2.37. The van der Waals surface area contributed by atoms with Crippen LogP contribution < -0.4 is 10.6 Å². The minimum atomic E-state index is -4.11. The Morgan fingerprint density at radius 3 is 2.63 bits per heavy atom. The Balaban J connectivity index is 1.38. The van der Waals surface area contributed by atoms with Gasteiger partial charge in [0.25, 0.3) is 0 Å². The van der Waals surface area contributed by atoms with Crippen LogP contribution in [0.2, 0.25) is 10.0 Å². The molecule has 2 N–H and O–H groups in total. The summed E-state index contributed by atoms with van der Waals surface area (Å²) in [5.41, 5.74) is 2.98. The number of piperazine rings is 1. The zero-order valence-corrected chi connectivity index (χ0v) is 25.2. The number of aromatic nitrogens is 1. The molecule has 1 amide bonds. The second-order valence-corrected chi connectivity index (χ2v) is 12.9. The maximum absolute atomic E-state index is 13.9. The van der Waals surface area contributed by atoms with Crippen molar-refractivity contribution in [2.24, 2.45) is 10.9 Å². The zero-order chi connectivity index (χ0) is 29.3. The second kappa shape index (κ2) is 12.0. The Kier molecular flexibility index (Phi) is 8.60. The van der Waals surface area contributed by atoms with Crippen LogP contribution in [0.3, 0.4) is 0 Å². The van der Waals surface area contributed by atoms with E-state index in [0.717, 1.165) is 16.6 Å². The Bertz CT molecular complexity index is 1610. The molecule has 10 nitrogen and oxygen atoms in total. The van der Waals surface area contributed by atoms with Crippen molar-refractivity contribution in [1.29, 1.82) is 0 Å². The number of carbonyl (C=O) groups is 1. The number of benzene rings is 2. The van der Waals surface area contributed by atoms with Crippen molar-refractivity contribution in [3.63, 3.8) is 0 Å². The number of hydrogen-bond acceptors (Lipinski definition) is 7. The molecule has 1 atom stereocenters. The third-order valence-electron chi connectivity index (χ3n) is 7.59. The number of fused-ring (bicyclic) bond motifs is 1. The molecule has 0 aliphatic carbocycles. The lowest BCUT2D eigenvalue weighted by molar-refractivity contribution is -0.135. The van der Waals surface area contributed by atoms with Gasteiger partial charge in [0.2, 0.25) is 15.9 Å². The SMILES string of the molecule is Cc1cc(C)c2cccc(OCc3c(Cl)ccc(S(=O)(=O)N4CCC[C@H]4C(=O)N4CCN(C=NN)CC4)c3Cl)c2n1. The van der Waals surface area contributed by atoms with Crippen molar-refractivity contribution in [1.82, 2.24) is 19.1 Å². The molecule has 0 saturated carbocycles. The molecule has 2 saturated heterocycles. The molecule has 1 aromatic heterocycles. The lowest BCUT2D eigenvalue weighted by Gasteiger charge is -2.36. The van der Waals surface area contributed by atoms with Crippen LogP contribution >= 0.6 is 23.2 Å². The Morgan fingerprint density at radius 1 is 1.15 bits per heavy atom. The van der Waals surface area contributed by atoms with Crippen LogP contribution in [0, 0.1) is 13.8 Å². The van der Waals surface area contributed by atoms with Crippen molar-refractivity contribution in [2.45, 2.75) is 44.2 Å². The Hall–Kier alpha value is -3.12. The van der Waals surface area contributed by atoms with E-state index in [1.54, 1.807) is 11.0 Å². The van der Waals surface area contributed by atoms with Crippen LogP contribution in [-0.2, 0) is 21.4 Å². The highest BCUT2D eigenvalue weighted by atomic mass is 35.5. The van der Waals surface area contributed by atoms with E-state index in [1.165, 1.54) is 22.8 Å². The van der Waals surface area contributed by atoms with E-state index < -0.39 is 16.1 Å². The minimum absolute atomic E-state index is 0.0224. The van der Waals surface area contributed by atoms with Crippen LogP contribution in [0.15, 0.2) is 46.4 Å². The normalized spacial score (nSPS) is 18.5. The molecular formula is C28H32Cl2N6O4S. The van der Waals surface area contributed by atoms with Crippen LogP contribution in [0.25, 0.3) is 10.9 Å². The quantitative estimate of drug-likeness (QED) is 0.184. The highest BCUT2D eigenvalue weighted by molar-refractivity contribution is 7.89. The molecule has 2 aliphatic heterocycles. The van der Waals surface area contributed by atoms with Gasteiger partial charge in [0, 0.05) is 54.4 Å². The van der Waals surface area contributed by atoms with E-state index in [4.69, 9.17) is 33.8 Å². The fourth-order valence-corrected chi connectivity index (χ4v) is 8.01. The van der Waals surface area contributed by atoms with Gasteiger partial charge in [-0.05, 0) is 56.5 Å². The number of rotatable bonds is 7. The van der Waals surface area contributed by atoms with Crippen LogP contribution in [0.5, 0.6) is 5.75 Å². The number of nitrogens with two attached hydrogens (primary N) is 1. The number of nitrogens with zero attached hydrogens (tertiary/aromatic N) is 5. The summed E-state index contributed by atoms with van der Waals surface area (Å²) in [5, 5.41) is 4.75. The third kappa shape index (κ3) is 5.81. The topological polar surface area (TPSA) is 121 Å². The van der Waals surface area contributed by atoms with E-state index in [0.29, 0.717) is 55.9 Å². The van der Waals surface area contributed by atoms with E-state index in [1.807, 2.05) is 36.9 Å². The largest absolute Gasteiger partial charge is 0.487 e. The first-order chi connectivity index (χ1) is 19.6. The molecule has 218 valence electrons. The van der Waals surface area contributed by atoms with Crippen LogP contribution in [-0.4, -0.2) is 78.5 Å². The molecule has 3 heterocycles. The number of hydrogen-bond donors (Lipinski definition) is 1. The summed E-state index contributed by atoms with van der Waals surface area (Å²) in [5.74, 6) is 5.56. The molecule has 2 fully saturated rings. The number of para-hydroxylation sites is 1. The van der Waals surface area contributed by atoms with Gasteiger partial charge in [-0.3, -0.25) is 4.79 Å². The zero-order valence-electron chi connectivity index (χ0n) is 22.9. The van der Waals surface area contributed by atoms with Crippen molar-refractivity contribution < 1.29 is 17.9 Å². The smallest absolute Gasteiger partial charge is 0.245 e. The van der Waals surface area contributed by atoms with Gasteiger partial charge in [-0.2, -0.15) is 9.41 Å². The number of hydrazone groups is 1. The van der Waals surface area contributed by atoms with Gasteiger partial charge >= 0.3 is 0 Å². The summed E-state index contributed by atoms with van der Waals surface area (Å²) in [7, 11) is -4.11. The van der Waals surface area contributed by atoms with Crippen molar-refractivity contribution in [2.75, 3.05) is 32.7 Å². The first-order valence-electron chi connectivity index (χ1n) is 13.4. The van der Waals surface area contributed by atoms with Gasteiger partial charge in [-0.1, -0.05) is 35.3 Å². The molecule has 0 spiro atoms. The van der Waals surface area contributed by atoms with E-state index in [2.05, 4.69) is 10.1 Å². The molecule has 0 unspecified atom stereocenters. The van der Waals surface area contributed by atoms with Crippen molar-refractivity contribution in [3.8, 4) is 5.75 Å². The number of amides is 1. The summed E-state index contributed by atoms with van der Waals surface area (Å²) in [6.45, 7) is 6.15. The van der Waals surface area contributed by atoms with Gasteiger partial charge in [0.15, 0.2) is 0 Å². The van der Waals surface area contributed by atoms with Gasteiger partial charge in [-0.25, -0.2) is 13.4 Å². The summed E-state index contributed by atoms with van der Waals surface area (Å²) < 4.78 is 35.2. The first-order valence-corrected chi connectivity index (χ1v) is 15.6. The molecule has 41 heavy (non-hydrogen) atoms. The maximum atomic E-state index is 13.9. The number of carbonyl (C=O) groups excluding carboxylic acids is 1. The van der Waals surface area contributed by atoms with Crippen LogP contribution in [0.4, 0.5) is 0 Å². The highest BCUT2D eigenvalue weighted by Gasteiger charge is 2.42. The molecular weight excluding hydrogens is 587 g/mol. The van der Waals surface area contributed by atoms with Crippen LogP contribution in [0.1, 0.15) is 29.7 Å². The van der Waals surface area contributed by atoms with Gasteiger partial charge in [0.1, 0.15) is 35.1 Å². The average molecular weight is 620 g/mol. The molecule has 0 radical (unpaired) electrons. The number of sulfonamides is 1. The maximum Gasteiger partial charge on any atom is 0.245 e. The van der Waals surface area contributed by atoms with Crippen molar-refractivity contribution in [3.05, 3.63) is 63.3 Å². The fraction of sp³-hybridized carbons (Fsp3) is 0.393. The number of halogens is 2. The minimum Gasteiger partial charge on any atom is -0.487 e. The van der Waals surface area contributed by atoms with Crippen molar-refractivity contribution >= 4 is 56.4 Å². The van der Waals surface area contributed by atoms with E-state index >= 15 is 0 Å². The predicted molar refractivity (Wildman–Crippen MR) is 160 cm³/mol. The standard InChI is InChI=1S/C28H32Cl2N6O4S/c1-18-15-19(2)33-27-20(18)5-3-7-24(27)40-16-21-22(29)8-9-25(26(21)30)41(38,39)36-10-4-6-23(36)28(37)35-13-11-34(12-14-35)17-32-31/h3,5,7-9,15,17,23H,4,6,10-14,16,31H2,1-2H3/t23-/m0/s1. The van der Waals surface area contributed by atoms with Gasteiger partial charge in [0.05, 0.1) is 5.02 Å². The molecule has 13 heteroatoms. The van der Waals surface area contributed by atoms with Gasteiger partial charge in [-0.15, -0.1) is 0 Å². The summed E-state index contributed by atoms with van der Waals surface area (Å²) in [6, 6.07) is 9.75. The summed E-state index contributed by atoms with van der Waals surface area (Å²) in [6.07, 6.45) is 2.55. The molecule has 2 aliphatic rings. The molecule has 3 aromatic rings. The lowest BCUT2D eigenvalue weighted by atomic mass is 10.1. The molecule has 2 aromatic carbocycles. The molecule has 5 rings (SSSR count). The lowest BCUT2D eigenvalue weighted by Crippen LogP contribution is -2.54. The number of pyridine rings is 1. The first kappa shape index (κ1) is 29.4. The number of aryl methyl sites for hydroxylation is 2. The molecule has 0 bridgehead atoms. The third-order valence-corrected chi connectivity index (χ3v) is 10.4. The number of ether oxygens (including phenoxy) is 1. The Morgan fingerprint density at radius 2 is 1.90 bits per heavy atom. The van der Waals surface area contributed by atoms with E-state index in [-0.39, 0.29) is 34.0 Å². The van der Waals surface area contributed by atoms with Gasteiger partial charge < -0.3 is 20.4 Å².